The Bertz CT molecular complexity index is 408. The summed E-state index contributed by atoms with van der Waals surface area (Å²) in [6.45, 7) is 5.88. The minimum absolute atomic E-state index is 0.227. The molecule has 1 aliphatic rings. The molecular formula is C14H19NO2S. The SMILES string of the molecule is COc1ccc(C(=S)N2C[C@H](C)O[C@@H](C)C2)cc1. The van der Waals surface area contributed by atoms with Crippen molar-refractivity contribution in [2.24, 2.45) is 0 Å². The highest BCUT2D eigenvalue weighted by molar-refractivity contribution is 7.80. The zero-order valence-corrected chi connectivity index (χ0v) is 11.9. The molecule has 98 valence electrons. The molecule has 0 bridgehead atoms. The molecule has 18 heavy (non-hydrogen) atoms. The Morgan fingerprint density at radius 2 is 1.78 bits per heavy atom. The van der Waals surface area contributed by atoms with Crippen LogP contribution >= 0.6 is 12.2 Å². The molecule has 2 atom stereocenters. The largest absolute Gasteiger partial charge is 0.497 e. The Kier molecular flexibility index (Phi) is 4.19. The second-order valence-electron chi connectivity index (χ2n) is 4.70. The van der Waals surface area contributed by atoms with Crippen LogP contribution in [0.25, 0.3) is 0 Å². The van der Waals surface area contributed by atoms with Gasteiger partial charge in [0.15, 0.2) is 0 Å². The van der Waals surface area contributed by atoms with Gasteiger partial charge in [-0.05, 0) is 38.1 Å². The van der Waals surface area contributed by atoms with Crippen LogP contribution in [0.4, 0.5) is 0 Å². The summed E-state index contributed by atoms with van der Waals surface area (Å²) >= 11 is 5.56. The lowest BCUT2D eigenvalue weighted by molar-refractivity contribution is -0.0472. The molecule has 0 unspecified atom stereocenters. The predicted octanol–water partition coefficient (Wildman–Crippen LogP) is 2.48. The first-order valence-electron chi connectivity index (χ1n) is 6.19. The van der Waals surface area contributed by atoms with Crippen LogP contribution in [0.15, 0.2) is 24.3 Å². The quantitative estimate of drug-likeness (QED) is 0.766. The summed E-state index contributed by atoms with van der Waals surface area (Å²) in [4.78, 5) is 3.11. The fraction of sp³-hybridized carbons (Fsp3) is 0.500. The van der Waals surface area contributed by atoms with Gasteiger partial charge in [0, 0.05) is 18.7 Å². The zero-order valence-electron chi connectivity index (χ0n) is 11.1. The molecule has 1 aromatic rings. The van der Waals surface area contributed by atoms with E-state index >= 15 is 0 Å². The van der Waals surface area contributed by atoms with Crippen LogP contribution in [0.5, 0.6) is 5.75 Å². The third-order valence-electron chi connectivity index (χ3n) is 3.04. The van der Waals surface area contributed by atoms with Crippen molar-refractivity contribution in [3.05, 3.63) is 29.8 Å². The second-order valence-corrected chi connectivity index (χ2v) is 5.08. The Morgan fingerprint density at radius 3 is 2.28 bits per heavy atom. The van der Waals surface area contributed by atoms with Gasteiger partial charge in [-0.3, -0.25) is 0 Å². The van der Waals surface area contributed by atoms with Crippen molar-refractivity contribution in [2.45, 2.75) is 26.1 Å². The number of hydrogen-bond donors (Lipinski definition) is 0. The van der Waals surface area contributed by atoms with Gasteiger partial charge in [0.25, 0.3) is 0 Å². The van der Waals surface area contributed by atoms with Crippen molar-refractivity contribution in [2.75, 3.05) is 20.2 Å². The number of nitrogens with zero attached hydrogens (tertiary/aromatic N) is 1. The zero-order chi connectivity index (χ0) is 13.1. The number of hydrogen-bond acceptors (Lipinski definition) is 3. The molecule has 2 rings (SSSR count). The van der Waals surface area contributed by atoms with Gasteiger partial charge in [-0.2, -0.15) is 0 Å². The maximum atomic E-state index is 5.72. The van der Waals surface area contributed by atoms with Crippen LogP contribution < -0.4 is 4.74 Å². The van der Waals surface area contributed by atoms with Crippen LogP contribution in [0, 0.1) is 0 Å². The molecule has 0 aliphatic carbocycles. The summed E-state index contributed by atoms with van der Waals surface area (Å²) in [5, 5.41) is 0. The molecule has 0 amide bonds. The third-order valence-corrected chi connectivity index (χ3v) is 3.54. The van der Waals surface area contributed by atoms with Crippen LogP contribution in [0.1, 0.15) is 19.4 Å². The minimum atomic E-state index is 0.227. The molecular weight excluding hydrogens is 246 g/mol. The van der Waals surface area contributed by atoms with Crippen LogP contribution in [-0.4, -0.2) is 42.3 Å². The average Bonchev–Trinajstić information content (AvgIpc) is 2.37. The van der Waals surface area contributed by atoms with E-state index < -0.39 is 0 Å². The normalized spacial score (nSPS) is 23.8. The molecule has 0 N–H and O–H groups in total. The highest BCUT2D eigenvalue weighted by atomic mass is 32.1. The number of methoxy groups -OCH3 is 1. The first-order chi connectivity index (χ1) is 8.60. The van der Waals surface area contributed by atoms with Gasteiger partial charge in [0.1, 0.15) is 10.7 Å². The van der Waals surface area contributed by atoms with E-state index in [1.807, 2.05) is 24.3 Å². The van der Waals surface area contributed by atoms with Crippen molar-refractivity contribution in [1.82, 2.24) is 4.90 Å². The minimum Gasteiger partial charge on any atom is -0.497 e. The molecule has 1 aliphatic heterocycles. The summed E-state index contributed by atoms with van der Waals surface area (Å²) in [6.07, 6.45) is 0.454. The number of benzene rings is 1. The van der Waals surface area contributed by atoms with E-state index in [1.54, 1.807) is 7.11 Å². The molecule has 4 heteroatoms. The van der Waals surface area contributed by atoms with Gasteiger partial charge in [0.2, 0.25) is 0 Å². The lowest BCUT2D eigenvalue weighted by Gasteiger charge is -2.37. The van der Waals surface area contributed by atoms with Crippen molar-refractivity contribution >= 4 is 17.2 Å². The van der Waals surface area contributed by atoms with Crippen LogP contribution in [-0.2, 0) is 4.74 Å². The van der Waals surface area contributed by atoms with Crippen molar-refractivity contribution < 1.29 is 9.47 Å². The van der Waals surface area contributed by atoms with Gasteiger partial charge >= 0.3 is 0 Å². The van der Waals surface area contributed by atoms with Crippen LogP contribution in [0.2, 0.25) is 0 Å². The second kappa shape index (κ2) is 5.67. The third kappa shape index (κ3) is 3.00. The first-order valence-corrected chi connectivity index (χ1v) is 6.59. The summed E-state index contributed by atoms with van der Waals surface area (Å²) in [7, 11) is 1.67. The highest BCUT2D eigenvalue weighted by Gasteiger charge is 2.24. The number of rotatable bonds is 2. The highest BCUT2D eigenvalue weighted by Crippen LogP contribution is 2.17. The van der Waals surface area contributed by atoms with Gasteiger partial charge in [0.05, 0.1) is 19.3 Å². The molecule has 1 fully saturated rings. The number of thiocarbonyl (C=S) groups is 1. The Balaban J connectivity index is 2.09. The van der Waals surface area contributed by atoms with Gasteiger partial charge < -0.3 is 14.4 Å². The lowest BCUT2D eigenvalue weighted by Crippen LogP contribution is -2.47. The average molecular weight is 265 g/mol. The molecule has 0 saturated carbocycles. The molecule has 1 saturated heterocycles. The van der Waals surface area contributed by atoms with E-state index in [9.17, 15) is 0 Å². The lowest BCUT2D eigenvalue weighted by atomic mass is 10.1. The molecule has 0 radical (unpaired) electrons. The Morgan fingerprint density at radius 1 is 1.22 bits per heavy atom. The Labute approximate surface area is 114 Å². The summed E-state index contributed by atoms with van der Waals surface area (Å²) in [5.41, 5.74) is 1.06. The molecule has 0 aromatic heterocycles. The smallest absolute Gasteiger partial charge is 0.118 e. The van der Waals surface area contributed by atoms with E-state index in [0.29, 0.717) is 0 Å². The summed E-state index contributed by atoms with van der Waals surface area (Å²) in [5.74, 6) is 0.852. The van der Waals surface area contributed by atoms with E-state index in [2.05, 4.69) is 18.7 Å². The molecule has 0 spiro atoms. The maximum absolute atomic E-state index is 5.72. The topological polar surface area (TPSA) is 21.7 Å². The number of morpholine rings is 1. The molecule has 3 nitrogen and oxygen atoms in total. The maximum Gasteiger partial charge on any atom is 0.118 e. The van der Waals surface area contributed by atoms with Gasteiger partial charge in [-0.1, -0.05) is 12.2 Å². The van der Waals surface area contributed by atoms with E-state index in [4.69, 9.17) is 21.7 Å². The molecule has 1 aromatic carbocycles. The van der Waals surface area contributed by atoms with Crippen molar-refractivity contribution in [3.8, 4) is 5.75 Å². The van der Waals surface area contributed by atoms with E-state index in [0.717, 1.165) is 29.4 Å². The van der Waals surface area contributed by atoms with Crippen molar-refractivity contribution in [1.29, 1.82) is 0 Å². The van der Waals surface area contributed by atoms with E-state index in [1.165, 1.54) is 0 Å². The first kappa shape index (κ1) is 13.3. The van der Waals surface area contributed by atoms with Gasteiger partial charge in [-0.25, -0.2) is 0 Å². The fourth-order valence-electron chi connectivity index (χ4n) is 2.26. The van der Waals surface area contributed by atoms with Crippen molar-refractivity contribution in [3.63, 3.8) is 0 Å². The Hall–Kier alpha value is -1.13. The fourth-order valence-corrected chi connectivity index (χ4v) is 2.55. The summed E-state index contributed by atoms with van der Waals surface area (Å²) in [6, 6.07) is 7.89. The summed E-state index contributed by atoms with van der Waals surface area (Å²) < 4.78 is 10.9. The van der Waals surface area contributed by atoms with Gasteiger partial charge in [-0.15, -0.1) is 0 Å². The standard InChI is InChI=1S/C14H19NO2S/c1-10-8-15(9-11(2)17-10)14(18)12-4-6-13(16-3)7-5-12/h4-7,10-11H,8-9H2,1-3H3/t10-,11-/m0/s1. The number of ether oxygens (including phenoxy) is 2. The molecule has 1 heterocycles. The van der Waals surface area contributed by atoms with Crippen LogP contribution in [0.3, 0.4) is 0 Å². The van der Waals surface area contributed by atoms with E-state index in [-0.39, 0.29) is 12.2 Å². The predicted molar refractivity (Wildman–Crippen MR) is 76.3 cm³/mol. The monoisotopic (exact) mass is 265 g/mol.